The molecule has 3 aromatic rings. The van der Waals surface area contributed by atoms with Gasteiger partial charge in [-0.15, -0.1) is 0 Å². The second-order valence-electron chi connectivity index (χ2n) is 11.1. The van der Waals surface area contributed by atoms with E-state index in [9.17, 15) is 24.6 Å². The average molecular weight is 640 g/mol. The number of nitrogens with zero attached hydrogens (tertiary/aromatic N) is 5. The molecule has 0 unspecified atom stereocenters. The Morgan fingerprint density at radius 3 is 2.31 bits per heavy atom. The summed E-state index contributed by atoms with van der Waals surface area (Å²) < 4.78 is 2.32. The minimum atomic E-state index is -1.24. The van der Waals surface area contributed by atoms with Crippen LogP contribution in [-0.4, -0.2) is 80.9 Å². The van der Waals surface area contributed by atoms with Crippen LogP contribution >= 0.6 is 15.9 Å². The largest absolute Gasteiger partial charge is 0.478 e. The molecule has 222 valence electrons. The number of hydrogen-bond acceptors (Lipinski definition) is 8. The maximum atomic E-state index is 12.4. The molecule has 0 aliphatic carbocycles. The van der Waals surface area contributed by atoms with E-state index in [4.69, 9.17) is 0 Å². The standard InChI is InChI=1S/C30H35BrN6O5/c1-18-12-21(8-9-36(18)22-4-6-24(29(39)40)25(14-22)30(41)42)35-10-11-37(19(2)16-35)23-5-7-27(32-15-23)33-26-13-20(31)17-34(3)28(26)38/h4-7,13-15,17-19,21H,8-12,16H2,1-3H3,(H,32,33)(H,39,40)(H,41,42)/t18-,19-,21-/m0/s1. The second-order valence-corrected chi connectivity index (χ2v) is 12.0. The zero-order valence-corrected chi connectivity index (χ0v) is 25.4. The molecule has 0 amide bonds. The van der Waals surface area contributed by atoms with Gasteiger partial charge in [-0.05, 0) is 79.0 Å². The Labute approximate surface area is 252 Å². The van der Waals surface area contributed by atoms with E-state index < -0.39 is 11.9 Å². The van der Waals surface area contributed by atoms with Crippen LogP contribution in [0.5, 0.6) is 0 Å². The first-order valence-electron chi connectivity index (χ1n) is 14.0. The lowest BCUT2D eigenvalue weighted by atomic mass is 9.94. The van der Waals surface area contributed by atoms with Crippen molar-refractivity contribution in [2.24, 2.45) is 7.05 Å². The molecule has 2 aliphatic heterocycles. The van der Waals surface area contributed by atoms with Crippen LogP contribution in [0.3, 0.4) is 0 Å². The molecule has 1 aromatic carbocycles. The summed E-state index contributed by atoms with van der Waals surface area (Å²) in [6.07, 6.45) is 5.44. The lowest BCUT2D eigenvalue weighted by Gasteiger charge is -2.48. The third-order valence-electron chi connectivity index (χ3n) is 8.31. The van der Waals surface area contributed by atoms with Gasteiger partial charge in [0.15, 0.2) is 0 Å². The molecule has 0 saturated carbocycles. The van der Waals surface area contributed by atoms with Crippen LogP contribution < -0.4 is 20.7 Å². The monoisotopic (exact) mass is 638 g/mol. The van der Waals surface area contributed by atoms with Crippen molar-refractivity contribution in [2.45, 2.75) is 44.8 Å². The molecule has 2 fully saturated rings. The van der Waals surface area contributed by atoms with Crippen LogP contribution in [0.25, 0.3) is 0 Å². The molecule has 0 spiro atoms. The SMILES string of the molecule is C[C@H]1C[C@@H](N2CCN(c3ccc(Nc4cc(Br)cn(C)c4=O)nc3)[C@@H](C)C2)CCN1c1ccc(C(=O)O)c(C(=O)O)c1. The van der Waals surface area contributed by atoms with Crippen LogP contribution in [0.1, 0.15) is 47.4 Å². The number of anilines is 4. The summed E-state index contributed by atoms with van der Waals surface area (Å²) in [5, 5.41) is 22.0. The van der Waals surface area contributed by atoms with Crippen molar-refractivity contribution in [2.75, 3.05) is 41.3 Å². The summed E-state index contributed by atoms with van der Waals surface area (Å²) in [6.45, 7) is 7.84. The fraction of sp³-hybridized carbons (Fsp3) is 0.400. The summed E-state index contributed by atoms with van der Waals surface area (Å²) in [4.78, 5) is 47.2. The number of carboxylic acid groups (broad SMARTS) is 2. The van der Waals surface area contributed by atoms with Gasteiger partial charge in [0.25, 0.3) is 5.56 Å². The topological polar surface area (TPSA) is 131 Å². The van der Waals surface area contributed by atoms with Crippen LogP contribution in [0.2, 0.25) is 0 Å². The number of benzene rings is 1. The molecule has 4 heterocycles. The molecule has 2 aliphatic rings. The number of halogens is 1. The van der Waals surface area contributed by atoms with E-state index in [1.54, 1.807) is 25.4 Å². The van der Waals surface area contributed by atoms with E-state index in [1.165, 1.54) is 16.7 Å². The average Bonchev–Trinajstić information content (AvgIpc) is 2.95. The summed E-state index contributed by atoms with van der Waals surface area (Å²) in [7, 11) is 1.71. The number of rotatable bonds is 7. The van der Waals surface area contributed by atoms with Gasteiger partial charge in [-0.3, -0.25) is 9.69 Å². The highest BCUT2D eigenvalue weighted by molar-refractivity contribution is 9.10. The fourth-order valence-electron chi connectivity index (χ4n) is 6.17. The third-order valence-corrected chi connectivity index (χ3v) is 8.75. The van der Waals surface area contributed by atoms with Crippen molar-refractivity contribution in [1.82, 2.24) is 14.5 Å². The lowest BCUT2D eigenvalue weighted by molar-refractivity contribution is 0.0651. The van der Waals surface area contributed by atoms with Crippen molar-refractivity contribution >= 4 is 50.7 Å². The maximum Gasteiger partial charge on any atom is 0.336 e. The normalized spacial score (nSPS) is 21.3. The summed E-state index contributed by atoms with van der Waals surface area (Å²) in [5.74, 6) is -1.87. The number of piperidine rings is 1. The number of carbonyl (C=O) groups is 2. The minimum absolute atomic E-state index is 0.130. The molecular weight excluding hydrogens is 604 g/mol. The first kappa shape index (κ1) is 29.6. The van der Waals surface area contributed by atoms with Crippen molar-refractivity contribution in [3.8, 4) is 0 Å². The van der Waals surface area contributed by atoms with E-state index >= 15 is 0 Å². The number of hydrogen-bond donors (Lipinski definition) is 3. The Morgan fingerprint density at radius 2 is 1.67 bits per heavy atom. The van der Waals surface area contributed by atoms with Crippen LogP contribution in [0.15, 0.2) is 58.1 Å². The molecule has 11 nitrogen and oxygen atoms in total. The summed E-state index contributed by atoms with van der Waals surface area (Å²) in [5.41, 5.74) is 1.72. The van der Waals surface area contributed by atoms with E-state index in [1.807, 2.05) is 18.3 Å². The molecule has 3 N–H and O–H groups in total. The fourth-order valence-corrected chi connectivity index (χ4v) is 6.70. The number of aryl methyl sites for hydroxylation is 1. The van der Waals surface area contributed by atoms with Gasteiger partial charge >= 0.3 is 11.9 Å². The molecule has 12 heteroatoms. The van der Waals surface area contributed by atoms with E-state index in [2.05, 4.69) is 54.8 Å². The molecule has 2 saturated heterocycles. The van der Waals surface area contributed by atoms with Crippen molar-refractivity contribution in [3.05, 3.63) is 74.7 Å². The predicted octanol–water partition coefficient (Wildman–Crippen LogP) is 4.25. The predicted molar refractivity (Wildman–Crippen MR) is 165 cm³/mol. The number of piperazine rings is 1. The highest BCUT2D eigenvalue weighted by Crippen LogP contribution is 2.31. The minimum Gasteiger partial charge on any atom is -0.478 e. The van der Waals surface area contributed by atoms with Crippen molar-refractivity contribution in [1.29, 1.82) is 0 Å². The number of aromatic nitrogens is 2. The number of carboxylic acids is 2. The Bertz CT molecular complexity index is 1540. The van der Waals surface area contributed by atoms with Gasteiger partial charge in [-0.1, -0.05) is 0 Å². The highest BCUT2D eigenvalue weighted by atomic mass is 79.9. The van der Waals surface area contributed by atoms with E-state index in [-0.39, 0.29) is 28.8 Å². The van der Waals surface area contributed by atoms with Crippen molar-refractivity contribution < 1.29 is 19.8 Å². The Hall–Kier alpha value is -3.90. The number of aromatic carboxylic acids is 2. The van der Waals surface area contributed by atoms with Gasteiger partial charge < -0.3 is 29.9 Å². The number of pyridine rings is 2. The Morgan fingerprint density at radius 1 is 0.952 bits per heavy atom. The highest BCUT2D eigenvalue weighted by Gasteiger charge is 2.34. The molecule has 2 aromatic heterocycles. The Kier molecular flexibility index (Phi) is 8.55. The quantitative estimate of drug-likeness (QED) is 0.345. The van der Waals surface area contributed by atoms with Crippen molar-refractivity contribution in [3.63, 3.8) is 0 Å². The van der Waals surface area contributed by atoms with Gasteiger partial charge in [0.1, 0.15) is 11.5 Å². The smallest absolute Gasteiger partial charge is 0.336 e. The van der Waals surface area contributed by atoms with E-state index in [0.717, 1.165) is 54.9 Å². The molecular formula is C30H35BrN6O5. The zero-order chi connectivity index (χ0) is 30.1. The molecule has 3 atom stereocenters. The molecule has 0 bridgehead atoms. The van der Waals surface area contributed by atoms with E-state index in [0.29, 0.717) is 17.5 Å². The second kappa shape index (κ2) is 12.1. The molecule has 0 radical (unpaired) electrons. The molecule has 5 rings (SSSR count). The van der Waals surface area contributed by atoms with Gasteiger partial charge in [-0.2, -0.15) is 0 Å². The Balaban J connectivity index is 1.19. The first-order chi connectivity index (χ1) is 20.0. The summed E-state index contributed by atoms with van der Waals surface area (Å²) in [6, 6.07) is 11.1. The van der Waals surface area contributed by atoms with Gasteiger partial charge in [0.2, 0.25) is 0 Å². The van der Waals surface area contributed by atoms with Gasteiger partial charge in [-0.25, -0.2) is 14.6 Å². The zero-order valence-electron chi connectivity index (χ0n) is 23.8. The van der Waals surface area contributed by atoms with Crippen LogP contribution in [0.4, 0.5) is 22.9 Å². The van der Waals surface area contributed by atoms with Gasteiger partial charge in [0.05, 0.1) is 23.0 Å². The van der Waals surface area contributed by atoms with Crippen LogP contribution in [0, 0.1) is 0 Å². The third kappa shape index (κ3) is 6.14. The van der Waals surface area contributed by atoms with Gasteiger partial charge in [0, 0.05) is 67.7 Å². The summed E-state index contributed by atoms with van der Waals surface area (Å²) >= 11 is 3.42. The van der Waals surface area contributed by atoms with Crippen LogP contribution in [-0.2, 0) is 7.05 Å². The molecule has 42 heavy (non-hydrogen) atoms. The first-order valence-corrected chi connectivity index (χ1v) is 14.8. The maximum absolute atomic E-state index is 12.4. The lowest BCUT2D eigenvalue weighted by Crippen LogP contribution is -2.58. The number of nitrogens with one attached hydrogen (secondary N) is 1.